The maximum absolute atomic E-state index is 13.1. The molecule has 0 amide bonds. The molecule has 142 valence electrons. The molecule has 0 radical (unpaired) electrons. The number of benzene rings is 2. The van der Waals surface area contributed by atoms with Gasteiger partial charge in [0.15, 0.2) is 0 Å². The highest BCUT2D eigenvalue weighted by atomic mass is 79.9. The summed E-state index contributed by atoms with van der Waals surface area (Å²) in [5.74, 6) is 0. The van der Waals surface area contributed by atoms with Crippen molar-refractivity contribution in [2.24, 2.45) is 0 Å². The van der Waals surface area contributed by atoms with E-state index in [0.29, 0.717) is 41.7 Å². The Morgan fingerprint density at radius 3 is 2.26 bits per heavy atom. The van der Waals surface area contributed by atoms with Gasteiger partial charge in [0.05, 0.1) is 15.9 Å². The molecule has 7 nitrogen and oxygen atoms in total. The molecule has 2 aromatic carbocycles. The van der Waals surface area contributed by atoms with Crippen molar-refractivity contribution < 1.29 is 8.42 Å². The average molecular weight is 451 g/mol. The molecule has 9 heteroatoms. The Bertz CT molecular complexity index is 1120. The predicted octanol–water partition coefficient (Wildman–Crippen LogP) is 2.13. The van der Waals surface area contributed by atoms with E-state index in [0.717, 1.165) is 6.54 Å². The molecule has 0 aliphatic carbocycles. The van der Waals surface area contributed by atoms with Crippen LogP contribution in [0.4, 0.5) is 0 Å². The Hall–Kier alpha value is -1.94. The van der Waals surface area contributed by atoms with Crippen LogP contribution >= 0.6 is 15.9 Å². The molecular formula is C18H19BrN4O3S. The zero-order valence-corrected chi connectivity index (χ0v) is 16.9. The SMILES string of the molecule is O=c1[nH]c2cc(Br)c(S(=O)(=O)N3CCN(Cc4ccccc4)CC3)cc2[nH]1. The van der Waals surface area contributed by atoms with Crippen molar-refractivity contribution in [3.05, 3.63) is 63.0 Å². The second kappa shape index (κ2) is 7.23. The molecule has 1 fully saturated rings. The number of imidazole rings is 1. The molecule has 27 heavy (non-hydrogen) atoms. The lowest BCUT2D eigenvalue weighted by Gasteiger charge is -2.34. The van der Waals surface area contributed by atoms with E-state index in [1.165, 1.54) is 15.9 Å². The Morgan fingerprint density at radius 2 is 1.59 bits per heavy atom. The average Bonchev–Trinajstić information content (AvgIpc) is 3.01. The number of hydrogen-bond donors (Lipinski definition) is 2. The Morgan fingerprint density at radius 1 is 0.963 bits per heavy atom. The minimum Gasteiger partial charge on any atom is -0.306 e. The Kier molecular flexibility index (Phi) is 4.94. The minimum atomic E-state index is -3.65. The predicted molar refractivity (Wildman–Crippen MR) is 107 cm³/mol. The van der Waals surface area contributed by atoms with Crippen LogP contribution in [0.3, 0.4) is 0 Å². The maximum atomic E-state index is 13.1. The summed E-state index contributed by atoms with van der Waals surface area (Å²) in [7, 11) is -3.65. The topological polar surface area (TPSA) is 89.3 Å². The highest BCUT2D eigenvalue weighted by molar-refractivity contribution is 9.10. The summed E-state index contributed by atoms with van der Waals surface area (Å²) in [5.41, 5.74) is 1.90. The molecule has 3 aromatic rings. The highest BCUT2D eigenvalue weighted by Gasteiger charge is 2.30. The van der Waals surface area contributed by atoms with Gasteiger partial charge in [0.25, 0.3) is 0 Å². The summed E-state index contributed by atoms with van der Waals surface area (Å²) in [6, 6.07) is 13.3. The third kappa shape index (κ3) is 3.73. The van der Waals surface area contributed by atoms with Gasteiger partial charge < -0.3 is 9.97 Å². The molecule has 1 aliphatic rings. The third-order valence-corrected chi connectivity index (χ3v) is 7.62. The number of hydrogen-bond acceptors (Lipinski definition) is 4. The van der Waals surface area contributed by atoms with Crippen molar-refractivity contribution in [3.63, 3.8) is 0 Å². The number of aromatic amines is 2. The fraction of sp³-hybridized carbons (Fsp3) is 0.278. The molecule has 2 heterocycles. The molecule has 1 aliphatic heterocycles. The van der Waals surface area contributed by atoms with E-state index in [-0.39, 0.29) is 10.6 Å². The lowest BCUT2D eigenvalue weighted by Crippen LogP contribution is -2.48. The first kappa shape index (κ1) is 18.4. The Balaban J connectivity index is 1.52. The van der Waals surface area contributed by atoms with Gasteiger partial charge in [-0.15, -0.1) is 0 Å². The van der Waals surface area contributed by atoms with Crippen LogP contribution in [-0.2, 0) is 16.6 Å². The van der Waals surface area contributed by atoms with E-state index in [1.54, 1.807) is 6.07 Å². The van der Waals surface area contributed by atoms with E-state index in [9.17, 15) is 13.2 Å². The summed E-state index contributed by atoms with van der Waals surface area (Å²) in [6.45, 7) is 3.03. The van der Waals surface area contributed by atoms with Crippen LogP contribution in [0, 0.1) is 0 Å². The molecule has 1 aromatic heterocycles. The summed E-state index contributed by atoms with van der Waals surface area (Å²) in [6.07, 6.45) is 0. The standard InChI is InChI=1S/C18H19BrN4O3S/c19-14-10-15-16(21-18(24)20-15)11-17(14)27(25,26)23-8-6-22(7-9-23)12-13-4-2-1-3-5-13/h1-5,10-11H,6-9,12H2,(H2,20,21,24). The quantitative estimate of drug-likeness (QED) is 0.636. The van der Waals surface area contributed by atoms with Crippen LogP contribution in [0.5, 0.6) is 0 Å². The molecule has 0 bridgehead atoms. The van der Waals surface area contributed by atoms with Crippen molar-refractivity contribution in [2.45, 2.75) is 11.4 Å². The number of rotatable bonds is 4. The number of nitrogens with one attached hydrogen (secondary N) is 2. The fourth-order valence-electron chi connectivity index (χ4n) is 3.34. The van der Waals surface area contributed by atoms with Gasteiger partial charge in [0, 0.05) is 37.2 Å². The summed E-state index contributed by atoms with van der Waals surface area (Å²) in [4.78, 5) is 19.1. The van der Waals surface area contributed by atoms with Crippen LogP contribution in [0.15, 0.2) is 56.6 Å². The van der Waals surface area contributed by atoms with Gasteiger partial charge in [-0.05, 0) is 33.6 Å². The summed E-state index contributed by atoms with van der Waals surface area (Å²) >= 11 is 3.33. The summed E-state index contributed by atoms with van der Waals surface area (Å²) in [5, 5.41) is 0. The van der Waals surface area contributed by atoms with Crippen molar-refractivity contribution in [3.8, 4) is 0 Å². The fourth-order valence-corrected chi connectivity index (χ4v) is 5.79. The molecule has 4 rings (SSSR count). The van der Waals surface area contributed by atoms with Gasteiger partial charge in [-0.3, -0.25) is 4.90 Å². The first-order valence-corrected chi connectivity index (χ1v) is 10.8. The molecule has 0 saturated carbocycles. The van der Waals surface area contributed by atoms with Gasteiger partial charge in [-0.25, -0.2) is 13.2 Å². The van der Waals surface area contributed by atoms with E-state index >= 15 is 0 Å². The summed E-state index contributed by atoms with van der Waals surface area (Å²) < 4.78 is 28.1. The first-order chi connectivity index (χ1) is 12.9. The zero-order valence-electron chi connectivity index (χ0n) is 14.5. The number of nitrogens with zero attached hydrogens (tertiary/aromatic N) is 2. The van der Waals surface area contributed by atoms with E-state index < -0.39 is 10.0 Å². The van der Waals surface area contributed by atoms with E-state index in [4.69, 9.17) is 0 Å². The van der Waals surface area contributed by atoms with Gasteiger partial charge in [-0.1, -0.05) is 30.3 Å². The lowest BCUT2D eigenvalue weighted by atomic mass is 10.2. The monoisotopic (exact) mass is 450 g/mol. The molecule has 2 N–H and O–H groups in total. The first-order valence-electron chi connectivity index (χ1n) is 8.61. The van der Waals surface area contributed by atoms with Crippen molar-refractivity contribution in [1.29, 1.82) is 0 Å². The number of halogens is 1. The number of H-pyrrole nitrogens is 2. The Labute approximate surface area is 165 Å². The smallest absolute Gasteiger partial charge is 0.306 e. The lowest BCUT2D eigenvalue weighted by molar-refractivity contribution is 0.181. The van der Waals surface area contributed by atoms with Gasteiger partial charge >= 0.3 is 5.69 Å². The molecule has 1 saturated heterocycles. The van der Waals surface area contributed by atoms with Crippen molar-refractivity contribution >= 4 is 37.0 Å². The van der Waals surface area contributed by atoms with Crippen LogP contribution in [0.25, 0.3) is 11.0 Å². The number of fused-ring (bicyclic) bond motifs is 1. The second-order valence-corrected chi connectivity index (χ2v) is 9.33. The van der Waals surface area contributed by atoms with Crippen molar-refractivity contribution in [1.82, 2.24) is 19.2 Å². The van der Waals surface area contributed by atoms with E-state index in [1.807, 2.05) is 18.2 Å². The van der Waals surface area contributed by atoms with E-state index in [2.05, 4.69) is 42.9 Å². The highest BCUT2D eigenvalue weighted by Crippen LogP contribution is 2.29. The minimum absolute atomic E-state index is 0.168. The maximum Gasteiger partial charge on any atom is 0.323 e. The molecule has 0 spiro atoms. The van der Waals surface area contributed by atoms with Crippen LogP contribution in [0.2, 0.25) is 0 Å². The van der Waals surface area contributed by atoms with Gasteiger partial charge in [-0.2, -0.15) is 4.31 Å². The zero-order chi connectivity index (χ0) is 19.0. The largest absolute Gasteiger partial charge is 0.323 e. The number of aromatic nitrogens is 2. The molecule has 0 unspecified atom stereocenters. The number of piperazine rings is 1. The second-order valence-electron chi connectivity index (χ2n) is 6.57. The van der Waals surface area contributed by atoms with Gasteiger partial charge in [0.2, 0.25) is 10.0 Å². The van der Waals surface area contributed by atoms with Crippen LogP contribution in [-0.4, -0.2) is 53.8 Å². The van der Waals surface area contributed by atoms with Crippen LogP contribution in [0.1, 0.15) is 5.56 Å². The third-order valence-electron chi connectivity index (χ3n) is 4.77. The normalized spacial score (nSPS) is 16.8. The molecular weight excluding hydrogens is 432 g/mol. The van der Waals surface area contributed by atoms with Gasteiger partial charge in [0.1, 0.15) is 0 Å². The number of sulfonamides is 1. The molecule has 0 atom stereocenters. The van der Waals surface area contributed by atoms with Crippen molar-refractivity contribution in [2.75, 3.05) is 26.2 Å². The van der Waals surface area contributed by atoms with Crippen LogP contribution < -0.4 is 5.69 Å².